The van der Waals surface area contributed by atoms with Crippen molar-refractivity contribution in [1.29, 1.82) is 0 Å². The minimum absolute atomic E-state index is 0.592. The monoisotopic (exact) mass is 342 g/mol. The zero-order valence-corrected chi connectivity index (χ0v) is 11.7. The molecule has 0 atom stereocenters. The van der Waals surface area contributed by atoms with Crippen LogP contribution in [0.3, 0.4) is 0 Å². The summed E-state index contributed by atoms with van der Waals surface area (Å²) in [7, 11) is 0. The van der Waals surface area contributed by atoms with Crippen LogP contribution in [0.5, 0.6) is 0 Å². The standard InChI is InChI=1S/C12H15IN4/c13-10-8-14-12-7-6-11(16-17(10)12)15-9-4-2-1-3-5-9/h6-9H,1-5H2,(H,15,16). The van der Waals surface area contributed by atoms with Crippen LogP contribution in [0.4, 0.5) is 5.82 Å². The molecule has 17 heavy (non-hydrogen) atoms. The molecule has 2 heterocycles. The van der Waals surface area contributed by atoms with Crippen molar-refractivity contribution in [3.63, 3.8) is 0 Å². The van der Waals surface area contributed by atoms with Gasteiger partial charge in [-0.05, 0) is 47.6 Å². The van der Waals surface area contributed by atoms with Gasteiger partial charge < -0.3 is 5.32 Å². The van der Waals surface area contributed by atoms with Gasteiger partial charge in [0, 0.05) is 6.04 Å². The molecule has 0 bridgehead atoms. The Kier molecular flexibility index (Phi) is 3.17. The number of fused-ring (bicyclic) bond motifs is 1. The number of imidazole rings is 1. The average molecular weight is 342 g/mol. The molecule has 1 aliphatic carbocycles. The van der Waals surface area contributed by atoms with Crippen LogP contribution in [0.2, 0.25) is 0 Å². The molecule has 2 aromatic rings. The Bertz CT molecular complexity index is 516. The summed E-state index contributed by atoms with van der Waals surface area (Å²) in [6, 6.07) is 4.63. The Morgan fingerprint density at radius 3 is 2.88 bits per heavy atom. The van der Waals surface area contributed by atoms with E-state index in [2.05, 4.69) is 38.0 Å². The van der Waals surface area contributed by atoms with E-state index in [0.29, 0.717) is 6.04 Å². The van der Waals surface area contributed by atoms with Crippen LogP contribution >= 0.6 is 22.6 Å². The normalized spacial score (nSPS) is 17.5. The molecule has 0 amide bonds. The molecule has 1 fully saturated rings. The fraction of sp³-hybridized carbons (Fsp3) is 0.500. The minimum atomic E-state index is 0.592. The van der Waals surface area contributed by atoms with Crippen molar-refractivity contribution in [2.24, 2.45) is 0 Å². The first-order chi connectivity index (χ1) is 8.33. The van der Waals surface area contributed by atoms with Crippen molar-refractivity contribution < 1.29 is 0 Å². The topological polar surface area (TPSA) is 42.2 Å². The second-order valence-electron chi connectivity index (χ2n) is 4.55. The van der Waals surface area contributed by atoms with Gasteiger partial charge in [0.15, 0.2) is 5.65 Å². The van der Waals surface area contributed by atoms with Gasteiger partial charge in [-0.25, -0.2) is 9.50 Å². The molecule has 0 saturated heterocycles. The highest BCUT2D eigenvalue weighted by Gasteiger charge is 2.13. The first-order valence-electron chi connectivity index (χ1n) is 6.10. The van der Waals surface area contributed by atoms with Gasteiger partial charge in [-0.15, -0.1) is 5.10 Å². The molecule has 0 radical (unpaired) electrons. The van der Waals surface area contributed by atoms with Crippen LogP contribution in [0.1, 0.15) is 32.1 Å². The Labute approximate surface area is 114 Å². The van der Waals surface area contributed by atoms with E-state index >= 15 is 0 Å². The van der Waals surface area contributed by atoms with E-state index in [1.54, 1.807) is 0 Å². The van der Waals surface area contributed by atoms with E-state index in [-0.39, 0.29) is 0 Å². The molecule has 90 valence electrons. The van der Waals surface area contributed by atoms with E-state index in [9.17, 15) is 0 Å². The number of rotatable bonds is 2. The van der Waals surface area contributed by atoms with E-state index in [4.69, 9.17) is 0 Å². The summed E-state index contributed by atoms with van der Waals surface area (Å²) < 4.78 is 2.93. The lowest BCUT2D eigenvalue weighted by molar-refractivity contribution is 0.461. The number of nitrogens with one attached hydrogen (secondary N) is 1. The lowest BCUT2D eigenvalue weighted by Crippen LogP contribution is -2.23. The number of hydrogen-bond acceptors (Lipinski definition) is 3. The van der Waals surface area contributed by atoms with Gasteiger partial charge in [0.25, 0.3) is 0 Å². The fourth-order valence-corrected chi connectivity index (χ4v) is 2.87. The third-order valence-corrected chi connectivity index (χ3v) is 4.01. The smallest absolute Gasteiger partial charge is 0.154 e. The summed E-state index contributed by atoms with van der Waals surface area (Å²) >= 11 is 2.25. The molecule has 5 heteroatoms. The van der Waals surface area contributed by atoms with Crippen molar-refractivity contribution in [2.75, 3.05) is 5.32 Å². The molecule has 1 N–H and O–H groups in total. The minimum Gasteiger partial charge on any atom is -0.366 e. The van der Waals surface area contributed by atoms with Gasteiger partial charge in [0.05, 0.1) is 6.20 Å². The predicted molar refractivity (Wildman–Crippen MR) is 76.2 cm³/mol. The summed E-state index contributed by atoms with van der Waals surface area (Å²) in [6.07, 6.45) is 8.42. The Morgan fingerprint density at radius 2 is 2.06 bits per heavy atom. The SMILES string of the molecule is Ic1cnc2ccc(NC3CCCCC3)nn12. The molecule has 2 aromatic heterocycles. The average Bonchev–Trinajstić information content (AvgIpc) is 2.73. The van der Waals surface area contributed by atoms with Gasteiger partial charge in [-0.2, -0.15) is 0 Å². The maximum atomic E-state index is 4.56. The van der Waals surface area contributed by atoms with Gasteiger partial charge >= 0.3 is 0 Å². The highest BCUT2D eigenvalue weighted by Crippen LogP contribution is 2.21. The number of aromatic nitrogens is 3. The maximum Gasteiger partial charge on any atom is 0.154 e. The van der Waals surface area contributed by atoms with Crippen LogP contribution < -0.4 is 5.32 Å². The first kappa shape index (κ1) is 11.3. The van der Waals surface area contributed by atoms with Crippen molar-refractivity contribution in [3.8, 4) is 0 Å². The van der Waals surface area contributed by atoms with Gasteiger partial charge in [0.2, 0.25) is 0 Å². The van der Waals surface area contributed by atoms with Crippen LogP contribution in [-0.4, -0.2) is 20.6 Å². The molecule has 4 nitrogen and oxygen atoms in total. The Hall–Kier alpha value is -0.850. The summed E-state index contributed by atoms with van der Waals surface area (Å²) in [5.74, 6) is 0.959. The van der Waals surface area contributed by atoms with Crippen LogP contribution in [0.15, 0.2) is 18.3 Å². The van der Waals surface area contributed by atoms with Crippen molar-refractivity contribution in [2.45, 2.75) is 38.1 Å². The van der Waals surface area contributed by atoms with Gasteiger partial charge in [-0.1, -0.05) is 19.3 Å². The summed E-state index contributed by atoms with van der Waals surface area (Å²) in [5.41, 5.74) is 0.906. The zero-order valence-electron chi connectivity index (χ0n) is 9.56. The molecule has 0 spiro atoms. The van der Waals surface area contributed by atoms with Gasteiger partial charge in [0.1, 0.15) is 9.52 Å². The van der Waals surface area contributed by atoms with Crippen LogP contribution in [-0.2, 0) is 0 Å². The number of anilines is 1. The fourth-order valence-electron chi connectivity index (χ4n) is 2.38. The third kappa shape index (κ3) is 2.38. The number of nitrogens with zero attached hydrogens (tertiary/aromatic N) is 3. The zero-order chi connectivity index (χ0) is 11.7. The third-order valence-electron chi connectivity index (χ3n) is 3.28. The van der Waals surface area contributed by atoms with Crippen LogP contribution in [0, 0.1) is 3.70 Å². The summed E-state index contributed by atoms with van der Waals surface area (Å²) in [6.45, 7) is 0. The summed E-state index contributed by atoms with van der Waals surface area (Å²) in [4.78, 5) is 4.27. The molecule has 0 unspecified atom stereocenters. The maximum absolute atomic E-state index is 4.56. The van der Waals surface area contributed by atoms with Crippen LogP contribution in [0.25, 0.3) is 5.65 Å². The Balaban J connectivity index is 1.82. The van der Waals surface area contributed by atoms with Crippen molar-refractivity contribution in [3.05, 3.63) is 22.0 Å². The number of hydrogen-bond donors (Lipinski definition) is 1. The lowest BCUT2D eigenvalue weighted by Gasteiger charge is -2.23. The molecule has 3 rings (SSSR count). The number of halogens is 1. The van der Waals surface area contributed by atoms with Gasteiger partial charge in [-0.3, -0.25) is 0 Å². The highest BCUT2D eigenvalue weighted by atomic mass is 127. The molecular formula is C12H15IN4. The molecular weight excluding hydrogens is 327 g/mol. The second-order valence-corrected chi connectivity index (χ2v) is 5.65. The van der Waals surface area contributed by atoms with E-state index in [1.807, 2.05) is 22.8 Å². The van der Waals surface area contributed by atoms with E-state index in [1.165, 1.54) is 32.1 Å². The molecule has 1 saturated carbocycles. The largest absolute Gasteiger partial charge is 0.366 e. The highest BCUT2D eigenvalue weighted by molar-refractivity contribution is 14.1. The lowest BCUT2D eigenvalue weighted by atomic mass is 9.95. The second kappa shape index (κ2) is 4.80. The van der Waals surface area contributed by atoms with Crippen molar-refractivity contribution >= 4 is 34.1 Å². The molecule has 0 aliphatic heterocycles. The summed E-state index contributed by atoms with van der Waals surface area (Å²) in [5, 5.41) is 8.09. The van der Waals surface area contributed by atoms with E-state index < -0.39 is 0 Å². The molecule has 0 aromatic carbocycles. The first-order valence-corrected chi connectivity index (χ1v) is 7.17. The molecule has 1 aliphatic rings. The predicted octanol–water partition coefficient (Wildman–Crippen LogP) is 3.08. The Morgan fingerprint density at radius 1 is 1.24 bits per heavy atom. The van der Waals surface area contributed by atoms with Crippen molar-refractivity contribution in [1.82, 2.24) is 14.6 Å². The quantitative estimate of drug-likeness (QED) is 0.853. The van der Waals surface area contributed by atoms with E-state index in [0.717, 1.165) is 15.2 Å².